The predicted molar refractivity (Wildman–Crippen MR) is 216 cm³/mol. The molecule has 272 valence electrons. The molecule has 12 heteroatoms. The summed E-state index contributed by atoms with van der Waals surface area (Å²) >= 11 is 12.0. The van der Waals surface area contributed by atoms with Gasteiger partial charge in [-0.1, -0.05) is 35.3 Å². The molecule has 0 bridgehead atoms. The Morgan fingerprint density at radius 3 is 1.23 bits per heavy atom. The fourth-order valence-electron chi connectivity index (χ4n) is 6.55. The summed E-state index contributed by atoms with van der Waals surface area (Å²) in [6.45, 7) is 0. The van der Waals surface area contributed by atoms with Crippen LogP contribution >= 0.6 is 23.2 Å². The molecule has 10 aromatic rings. The summed E-state index contributed by atoms with van der Waals surface area (Å²) < 4.78 is 34.2. The van der Waals surface area contributed by atoms with Gasteiger partial charge in [-0.05, 0) is 121 Å². The monoisotopic (exact) mass is 776 g/mol. The SMILES string of the molecule is Clc1ccc(-c2cnc3ccc(-c4ccnn4-c4ccc(Cl)cc4)cn23)cc1.Fc1ccc(-c2cnc3ccc(-c4ccnn4-c4ccc(F)cc4)cn23)cc1. The highest BCUT2D eigenvalue weighted by Crippen LogP contribution is 2.29. The lowest BCUT2D eigenvalue weighted by molar-refractivity contribution is 0.627. The van der Waals surface area contributed by atoms with E-state index in [1.807, 2.05) is 100 Å². The van der Waals surface area contributed by atoms with E-state index in [1.54, 1.807) is 47.5 Å². The van der Waals surface area contributed by atoms with Gasteiger partial charge in [0.1, 0.15) is 22.9 Å². The first kappa shape index (κ1) is 34.9. The van der Waals surface area contributed by atoms with Gasteiger partial charge in [0.25, 0.3) is 0 Å². The molecule has 0 atom stereocenters. The van der Waals surface area contributed by atoms with Crippen molar-refractivity contribution >= 4 is 34.5 Å². The summed E-state index contributed by atoms with van der Waals surface area (Å²) in [4.78, 5) is 8.96. The normalized spacial score (nSPS) is 11.2. The largest absolute Gasteiger partial charge is 0.299 e. The fourth-order valence-corrected chi connectivity index (χ4v) is 6.80. The first-order chi connectivity index (χ1) is 27.4. The van der Waals surface area contributed by atoms with Gasteiger partial charge >= 0.3 is 0 Å². The lowest BCUT2D eigenvalue weighted by atomic mass is 10.1. The Morgan fingerprint density at radius 1 is 0.393 bits per heavy atom. The summed E-state index contributed by atoms with van der Waals surface area (Å²) in [5, 5.41) is 10.3. The zero-order valence-corrected chi connectivity index (χ0v) is 30.8. The standard InChI is InChI=1S/C22H14Cl2N4.C22H14F2N4/c2*23-17-4-1-15(2-5-17)21-13-25-22-10-3-16(14-27(21)22)20-11-12-26-28(20)19-8-6-18(24)7-9-19/h2*1-14H. The van der Waals surface area contributed by atoms with E-state index in [0.29, 0.717) is 10.0 Å². The van der Waals surface area contributed by atoms with Crippen LogP contribution in [0.1, 0.15) is 0 Å². The second-order valence-corrected chi connectivity index (χ2v) is 13.7. The average molecular weight is 778 g/mol. The van der Waals surface area contributed by atoms with E-state index < -0.39 is 0 Å². The molecule has 56 heavy (non-hydrogen) atoms. The summed E-state index contributed by atoms with van der Waals surface area (Å²) in [7, 11) is 0. The van der Waals surface area contributed by atoms with Crippen molar-refractivity contribution in [1.29, 1.82) is 0 Å². The summed E-state index contributed by atoms with van der Waals surface area (Å²) in [5.74, 6) is -0.567. The Hall–Kier alpha value is -6.88. The Balaban J connectivity index is 0.000000146. The van der Waals surface area contributed by atoms with E-state index in [2.05, 4.69) is 36.8 Å². The number of aromatic nitrogens is 8. The number of benzene rings is 4. The molecule has 0 aliphatic carbocycles. The van der Waals surface area contributed by atoms with Crippen molar-refractivity contribution in [3.8, 4) is 56.4 Å². The minimum atomic E-state index is -0.291. The number of hydrogen-bond acceptors (Lipinski definition) is 4. The number of halogens is 4. The van der Waals surface area contributed by atoms with Crippen LogP contribution in [0.25, 0.3) is 67.7 Å². The molecular formula is C44H28Cl2F2N8. The van der Waals surface area contributed by atoms with Crippen LogP contribution in [0, 0.1) is 11.6 Å². The third-order valence-electron chi connectivity index (χ3n) is 9.31. The van der Waals surface area contributed by atoms with Crippen molar-refractivity contribution in [3.05, 3.63) is 192 Å². The van der Waals surface area contributed by atoms with Crippen molar-refractivity contribution in [2.75, 3.05) is 0 Å². The highest BCUT2D eigenvalue weighted by molar-refractivity contribution is 6.30. The minimum Gasteiger partial charge on any atom is -0.299 e. The van der Waals surface area contributed by atoms with Gasteiger partial charge in [-0.15, -0.1) is 0 Å². The van der Waals surface area contributed by atoms with E-state index in [1.165, 1.54) is 24.3 Å². The van der Waals surface area contributed by atoms with Gasteiger partial charge in [0.15, 0.2) is 0 Å². The molecule has 6 aromatic heterocycles. The molecule has 0 N–H and O–H groups in total. The van der Waals surface area contributed by atoms with Gasteiger partial charge in [0.2, 0.25) is 0 Å². The molecule has 0 fully saturated rings. The second-order valence-electron chi connectivity index (χ2n) is 12.8. The van der Waals surface area contributed by atoms with Crippen LogP contribution in [0.2, 0.25) is 10.0 Å². The van der Waals surface area contributed by atoms with Gasteiger partial charge < -0.3 is 0 Å². The Labute approximate surface area is 329 Å². The number of rotatable bonds is 6. The van der Waals surface area contributed by atoms with Crippen LogP contribution in [0.15, 0.2) is 171 Å². The average Bonchev–Trinajstić information content (AvgIpc) is 4.06. The quantitative estimate of drug-likeness (QED) is 0.169. The minimum absolute atomic E-state index is 0.276. The maximum Gasteiger partial charge on any atom is 0.137 e. The number of fused-ring (bicyclic) bond motifs is 2. The van der Waals surface area contributed by atoms with Crippen molar-refractivity contribution < 1.29 is 8.78 Å². The summed E-state index contributed by atoms with van der Waals surface area (Å²) in [6.07, 6.45) is 11.2. The van der Waals surface area contributed by atoms with Crippen molar-refractivity contribution in [2.24, 2.45) is 0 Å². The van der Waals surface area contributed by atoms with E-state index in [9.17, 15) is 8.78 Å². The lowest BCUT2D eigenvalue weighted by Crippen LogP contribution is -2.00. The second kappa shape index (κ2) is 14.7. The van der Waals surface area contributed by atoms with Crippen LogP contribution in [0.5, 0.6) is 0 Å². The summed E-state index contributed by atoms with van der Waals surface area (Å²) in [5.41, 5.74) is 11.0. The lowest BCUT2D eigenvalue weighted by Gasteiger charge is -2.09. The van der Waals surface area contributed by atoms with E-state index >= 15 is 0 Å². The Morgan fingerprint density at radius 2 is 0.768 bits per heavy atom. The molecule has 0 amide bonds. The maximum absolute atomic E-state index is 13.3. The molecule has 0 saturated heterocycles. The number of nitrogens with zero attached hydrogens (tertiary/aromatic N) is 8. The topological polar surface area (TPSA) is 70.2 Å². The molecule has 0 spiro atoms. The molecule has 8 nitrogen and oxygen atoms in total. The number of imidazole rings is 2. The first-order valence-electron chi connectivity index (χ1n) is 17.4. The zero-order chi connectivity index (χ0) is 38.2. The Kier molecular flexibility index (Phi) is 9.18. The molecule has 0 aliphatic rings. The van der Waals surface area contributed by atoms with Crippen LogP contribution in [-0.2, 0) is 0 Å². The van der Waals surface area contributed by atoms with Crippen LogP contribution in [0.3, 0.4) is 0 Å². The van der Waals surface area contributed by atoms with Gasteiger partial charge in [-0.25, -0.2) is 28.1 Å². The molecule has 4 aromatic carbocycles. The van der Waals surface area contributed by atoms with Gasteiger partial charge in [0, 0.05) is 44.7 Å². The maximum atomic E-state index is 13.3. The number of pyridine rings is 2. The first-order valence-corrected chi connectivity index (χ1v) is 18.2. The van der Waals surface area contributed by atoms with Gasteiger partial charge in [0.05, 0.1) is 58.9 Å². The highest BCUT2D eigenvalue weighted by Gasteiger charge is 2.14. The van der Waals surface area contributed by atoms with E-state index in [-0.39, 0.29) is 11.6 Å². The van der Waals surface area contributed by atoms with Crippen molar-refractivity contribution in [3.63, 3.8) is 0 Å². The zero-order valence-electron chi connectivity index (χ0n) is 29.3. The molecular weight excluding hydrogens is 749 g/mol. The van der Waals surface area contributed by atoms with Crippen molar-refractivity contribution in [2.45, 2.75) is 0 Å². The molecule has 0 unspecified atom stereocenters. The van der Waals surface area contributed by atoms with Crippen LogP contribution < -0.4 is 0 Å². The predicted octanol–water partition coefficient (Wildman–Crippen LogP) is 11.3. The molecule has 0 aliphatic heterocycles. The molecule has 6 heterocycles. The van der Waals surface area contributed by atoms with Crippen molar-refractivity contribution in [1.82, 2.24) is 38.3 Å². The third kappa shape index (κ3) is 6.83. The van der Waals surface area contributed by atoms with Crippen LogP contribution in [0.4, 0.5) is 8.78 Å². The van der Waals surface area contributed by atoms with Gasteiger partial charge in [-0.3, -0.25) is 8.80 Å². The van der Waals surface area contributed by atoms with E-state index in [4.69, 9.17) is 23.2 Å². The molecule has 10 rings (SSSR count). The van der Waals surface area contributed by atoms with Gasteiger partial charge in [-0.2, -0.15) is 10.2 Å². The molecule has 0 radical (unpaired) electrons. The highest BCUT2D eigenvalue weighted by atomic mass is 35.5. The third-order valence-corrected chi connectivity index (χ3v) is 9.81. The molecule has 0 saturated carbocycles. The summed E-state index contributed by atoms with van der Waals surface area (Å²) in [6, 6.07) is 39.7. The van der Waals surface area contributed by atoms with Crippen LogP contribution in [-0.4, -0.2) is 38.3 Å². The Bertz CT molecular complexity index is 2740. The fraction of sp³-hybridized carbons (Fsp3) is 0. The van der Waals surface area contributed by atoms with E-state index in [0.717, 1.165) is 67.7 Å². The number of hydrogen-bond donors (Lipinski definition) is 0. The smallest absolute Gasteiger partial charge is 0.137 e.